The van der Waals surface area contributed by atoms with Crippen molar-refractivity contribution in [2.75, 3.05) is 7.11 Å². The fourth-order valence-electron chi connectivity index (χ4n) is 2.09. The number of benzene rings is 1. The molecule has 0 saturated heterocycles. The lowest BCUT2D eigenvalue weighted by molar-refractivity contribution is -0.128. The Balaban J connectivity index is 2.40. The van der Waals surface area contributed by atoms with Gasteiger partial charge in [0.15, 0.2) is 6.29 Å². The molecule has 1 aromatic carbocycles. The van der Waals surface area contributed by atoms with Crippen molar-refractivity contribution < 1.29 is 9.53 Å². The summed E-state index contributed by atoms with van der Waals surface area (Å²) in [4.78, 5) is 11.1. The van der Waals surface area contributed by atoms with E-state index in [4.69, 9.17) is 16.3 Å². The van der Waals surface area contributed by atoms with Crippen molar-refractivity contribution >= 4 is 17.9 Å². The summed E-state index contributed by atoms with van der Waals surface area (Å²) in [6.07, 6.45) is 3.07. The lowest BCUT2D eigenvalue weighted by Crippen LogP contribution is -2.39. The quantitative estimate of drug-likeness (QED) is 0.722. The summed E-state index contributed by atoms with van der Waals surface area (Å²) in [6, 6.07) is 5.87. The van der Waals surface area contributed by atoms with E-state index in [9.17, 15) is 4.79 Å². The molecule has 0 bridgehead atoms. The summed E-state index contributed by atoms with van der Waals surface area (Å²) < 4.78 is 5.31. The number of ether oxygens (including phenoxy) is 1. The molecule has 1 aliphatic rings. The van der Waals surface area contributed by atoms with E-state index in [0.29, 0.717) is 6.42 Å². The molecule has 0 aromatic heterocycles. The highest BCUT2D eigenvalue weighted by molar-refractivity contribution is 6.31. The molecule has 3 heteroatoms. The standard InChI is InChI=1S/C12H13ClO2/c1-15-12(8-14)6-5-9-3-2-4-11(13)10(9)7-12/h2-4,8H,5-7H2,1H3. The molecule has 1 aromatic rings. The maximum absolute atomic E-state index is 11.1. The first-order valence-corrected chi connectivity index (χ1v) is 5.36. The number of aryl methyl sites for hydroxylation is 1. The third-order valence-corrected chi connectivity index (χ3v) is 3.48. The summed E-state index contributed by atoms with van der Waals surface area (Å²) in [7, 11) is 1.58. The molecule has 0 spiro atoms. The van der Waals surface area contributed by atoms with Crippen LogP contribution >= 0.6 is 11.6 Å². The molecule has 15 heavy (non-hydrogen) atoms. The van der Waals surface area contributed by atoms with Crippen LogP contribution in [0.5, 0.6) is 0 Å². The molecule has 2 nitrogen and oxygen atoms in total. The monoisotopic (exact) mass is 224 g/mol. The van der Waals surface area contributed by atoms with Crippen LogP contribution in [0.25, 0.3) is 0 Å². The van der Waals surface area contributed by atoms with Gasteiger partial charge >= 0.3 is 0 Å². The molecule has 2 rings (SSSR count). The second-order valence-electron chi connectivity index (χ2n) is 3.94. The molecule has 1 aliphatic carbocycles. The van der Waals surface area contributed by atoms with Gasteiger partial charge in [-0.15, -0.1) is 0 Å². The largest absolute Gasteiger partial charge is 0.370 e. The molecule has 0 saturated carbocycles. The van der Waals surface area contributed by atoms with Gasteiger partial charge in [0.2, 0.25) is 0 Å². The summed E-state index contributed by atoms with van der Waals surface area (Å²) in [5.41, 5.74) is 1.62. The SMILES string of the molecule is COC1(C=O)CCc2cccc(Cl)c2C1. The summed E-state index contributed by atoms with van der Waals surface area (Å²) >= 11 is 6.11. The van der Waals surface area contributed by atoms with Crippen LogP contribution in [0, 0.1) is 0 Å². The van der Waals surface area contributed by atoms with Gasteiger partial charge in [0.05, 0.1) is 0 Å². The van der Waals surface area contributed by atoms with Crippen molar-refractivity contribution in [1.29, 1.82) is 0 Å². The molecular weight excluding hydrogens is 212 g/mol. The maximum atomic E-state index is 11.1. The van der Waals surface area contributed by atoms with Crippen LogP contribution in [-0.4, -0.2) is 19.0 Å². The number of rotatable bonds is 2. The zero-order valence-corrected chi connectivity index (χ0v) is 9.38. The number of methoxy groups -OCH3 is 1. The van der Waals surface area contributed by atoms with Crippen molar-refractivity contribution in [3.05, 3.63) is 34.3 Å². The van der Waals surface area contributed by atoms with Gasteiger partial charge in [-0.2, -0.15) is 0 Å². The highest BCUT2D eigenvalue weighted by Gasteiger charge is 2.34. The Bertz CT molecular complexity index is 389. The van der Waals surface area contributed by atoms with Gasteiger partial charge in [-0.3, -0.25) is 0 Å². The zero-order valence-electron chi connectivity index (χ0n) is 8.63. The van der Waals surface area contributed by atoms with Crippen LogP contribution in [0.2, 0.25) is 5.02 Å². The highest BCUT2D eigenvalue weighted by atomic mass is 35.5. The number of hydrogen-bond acceptors (Lipinski definition) is 2. The van der Waals surface area contributed by atoms with Gasteiger partial charge in [-0.1, -0.05) is 23.7 Å². The van der Waals surface area contributed by atoms with Gasteiger partial charge in [0.25, 0.3) is 0 Å². The van der Waals surface area contributed by atoms with E-state index in [-0.39, 0.29) is 0 Å². The van der Waals surface area contributed by atoms with E-state index in [0.717, 1.165) is 29.7 Å². The van der Waals surface area contributed by atoms with Crippen LogP contribution in [0.4, 0.5) is 0 Å². The molecule has 0 aliphatic heterocycles. The predicted octanol–water partition coefficient (Wildman–Crippen LogP) is 2.41. The van der Waals surface area contributed by atoms with E-state index >= 15 is 0 Å². The van der Waals surface area contributed by atoms with Crippen LogP contribution < -0.4 is 0 Å². The molecule has 0 fully saturated rings. The fraction of sp³-hybridized carbons (Fsp3) is 0.417. The maximum Gasteiger partial charge on any atom is 0.152 e. The van der Waals surface area contributed by atoms with Crippen molar-refractivity contribution in [3.8, 4) is 0 Å². The number of fused-ring (bicyclic) bond motifs is 1. The molecule has 1 atom stereocenters. The molecule has 0 N–H and O–H groups in total. The van der Waals surface area contributed by atoms with Gasteiger partial charge in [0, 0.05) is 18.6 Å². The first-order valence-electron chi connectivity index (χ1n) is 4.98. The number of halogens is 1. The Morgan fingerprint density at radius 1 is 1.53 bits per heavy atom. The Labute approximate surface area is 94.2 Å². The number of carbonyl (C=O) groups excluding carboxylic acids is 1. The number of aldehydes is 1. The van der Waals surface area contributed by atoms with Gasteiger partial charge in [-0.05, 0) is 30.0 Å². The average Bonchev–Trinajstić information content (AvgIpc) is 2.29. The lowest BCUT2D eigenvalue weighted by atomic mass is 9.81. The minimum atomic E-state index is -0.669. The normalized spacial score (nSPS) is 24.7. The van der Waals surface area contributed by atoms with Crippen molar-refractivity contribution in [2.45, 2.75) is 24.9 Å². The minimum Gasteiger partial charge on any atom is -0.370 e. The van der Waals surface area contributed by atoms with E-state index in [1.807, 2.05) is 12.1 Å². The van der Waals surface area contributed by atoms with E-state index in [1.165, 1.54) is 5.56 Å². The first-order chi connectivity index (χ1) is 7.21. The third-order valence-electron chi connectivity index (χ3n) is 3.13. The van der Waals surface area contributed by atoms with E-state index < -0.39 is 5.60 Å². The third kappa shape index (κ3) is 1.80. The lowest BCUT2D eigenvalue weighted by Gasteiger charge is -2.32. The number of carbonyl (C=O) groups is 1. The zero-order chi connectivity index (χ0) is 10.9. The molecule has 0 heterocycles. The molecule has 0 radical (unpaired) electrons. The molecule has 1 unspecified atom stereocenters. The van der Waals surface area contributed by atoms with Gasteiger partial charge < -0.3 is 9.53 Å². The number of hydrogen-bond donors (Lipinski definition) is 0. The van der Waals surface area contributed by atoms with Crippen LogP contribution in [0.15, 0.2) is 18.2 Å². The topological polar surface area (TPSA) is 26.3 Å². The second kappa shape index (κ2) is 3.95. The van der Waals surface area contributed by atoms with E-state index in [1.54, 1.807) is 7.11 Å². The summed E-state index contributed by atoms with van der Waals surface area (Å²) in [6.45, 7) is 0. The Morgan fingerprint density at radius 2 is 2.33 bits per heavy atom. The summed E-state index contributed by atoms with van der Waals surface area (Å²) in [5, 5.41) is 0.732. The van der Waals surface area contributed by atoms with Crippen LogP contribution in [0.1, 0.15) is 17.5 Å². The first kappa shape index (κ1) is 10.7. The predicted molar refractivity (Wildman–Crippen MR) is 59.3 cm³/mol. The second-order valence-corrected chi connectivity index (χ2v) is 4.35. The minimum absolute atomic E-state index is 0.585. The molecule has 80 valence electrons. The summed E-state index contributed by atoms with van der Waals surface area (Å²) in [5.74, 6) is 0. The van der Waals surface area contributed by atoms with E-state index in [2.05, 4.69) is 6.07 Å². The smallest absolute Gasteiger partial charge is 0.152 e. The van der Waals surface area contributed by atoms with Gasteiger partial charge in [0.1, 0.15) is 5.60 Å². The fourth-order valence-corrected chi connectivity index (χ4v) is 2.35. The van der Waals surface area contributed by atoms with Gasteiger partial charge in [-0.25, -0.2) is 0 Å². The average molecular weight is 225 g/mol. The molecule has 0 amide bonds. The Kier molecular flexibility index (Phi) is 2.81. The van der Waals surface area contributed by atoms with Crippen molar-refractivity contribution in [3.63, 3.8) is 0 Å². The Hall–Kier alpha value is -0.860. The van der Waals surface area contributed by atoms with Crippen molar-refractivity contribution in [1.82, 2.24) is 0 Å². The highest BCUT2D eigenvalue weighted by Crippen LogP contribution is 2.33. The van der Waals surface area contributed by atoms with Crippen molar-refractivity contribution in [2.24, 2.45) is 0 Å². The Morgan fingerprint density at radius 3 is 3.00 bits per heavy atom. The van der Waals surface area contributed by atoms with Crippen LogP contribution in [-0.2, 0) is 22.4 Å². The molecular formula is C12H13ClO2. The van der Waals surface area contributed by atoms with Crippen LogP contribution in [0.3, 0.4) is 0 Å².